The Hall–Kier alpha value is -2.49. The molecule has 96 valence electrons. The third-order valence-electron chi connectivity index (χ3n) is 2.63. The number of nitrogens with zero attached hydrogens (tertiary/aromatic N) is 2. The number of hydrogen-bond donors (Lipinski definition) is 1. The Morgan fingerprint density at radius 2 is 2.05 bits per heavy atom. The van der Waals surface area contributed by atoms with E-state index in [2.05, 4.69) is 21.9 Å². The number of nitrogens with one attached hydrogen (secondary N) is 1. The van der Waals surface area contributed by atoms with Crippen LogP contribution in [0.15, 0.2) is 55.1 Å². The van der Waals surface area contributed by atoms with Gasteiger partial charge in [0.2, 0.25) is 5.91 Å². The summed E-state index contributed by atoms with van der Waals surface area (Å²) < 4.78 is 0. The Labute approximate surface area is 112 Å². The van der Waals surface area contributed by atoms with Crippen molar-refractivity contribution in [1.29, 1.82) is 0 Å². The van der Waals surface area contributed by atoms with Gasteiger partial charge in [0.15, 0.2) is 0 Å². The maximum Gasteiger partial charge on any atom is 0.246 e. The summed E-state index contributed by atoms with van der Waals surface area (Å²) in [6, 6.07) is 5.84. The monoisotopic (exact) mass is 253 g/mol. The summed E-state index contributed by atoms with van der Waals surface area (Å²) in [5, 5.41) is 2.78. The topological polar surface area (TPSA) is 54.9 Å². The van der Waals surface area contributed by atoms with Gasteiger partial charge in [-0.25, -0.2) is 0 Å². The Morgan fingerprint density at radius 3 is 2.74 bits per heavy atom. The molecule has 0 aliphatic carbocycles. The maximum atomic E-state index is 11.4. The average Bonchev–Trinajstić information content (AvgIpc) is 2.46. The summed E-state index contributed by atoms with van der Waals surface area (Å²) in [6.07, 6.45) is 7.03. The molecule has 0 aliphatic rings. The van der Waals surface area contributed by atoms with Crippen molar-refractivity contribution in [2.75, 3.05) is 0 Å². The Morgan fingerprint density at radius 1 is 1.26 bits per heavy atom. The summed E-state index contributed by atoms with van der Waals surface area (Å²) in [6.45, 7) is 5.71. The fraction of sp³-hybridized carbons (Fsp3) is 0.133. The molecule has 2 aromatic rings. The zero-order valence-electron chi connectivity index (χ0n) is 10.8. The smallest absolute Gasteiger partial charge is 0.246 e. The van der Waals surface area contributed by atoms with Crippen LogP contribution in [0.3, 0.4) is 0 Å². The Kier molecular flexibility index (Phi) is 4.03. The van der Waals surface area contributed by atoms with Crippen molar-refractivity contribution in [3.8, 4) is 11.1 Å². The molecule has 4 nitrogen and oxygen atoms in total. The predicted molar refractivity (Wildman–Crippen MR) is 74.1 cm³/mol. The van der Waals surface area contributed by atoms with E-state index in [1.165, 1.54) is 0 Å². The summed E-state index contributed by atoms with van der Waals surface area (Å²) in [5.41, 5.74) is 3.42. The lowest BCUT2D eigenvalue weighted by Gasteiger charge is -2.06. The molecule has 2 aromatic heterocycles. The lowest BCUT2D eigenvalue weighted by Crippen LogP contribution is -2.23. The fourth-order valence-corrected chi connectivity index (χ4v) is 1.61. The number of pyridine rings is 2. The second kappa shape index (κ2) is 5.91. The molecule has 0 saturated carbocycles. The maximum absolute atomic E-state index is 11.4. The van der Waals surface area contributed by atoms with Crippen molar-refractivity contribution >= 4 is 5.91 Å². The minimum atomic E-state index is -0.146. The van der Waals surface area contributed by atoms with E-state index < -0.39 is 0 Å². The second-order valence-electron chi connectivity index (χ2n) is 4.29. The van der Waals surface area contributed by atoms with Crippen molar-refractivity contribution < 1.29 is 4.79 Å². The highest BCUT2D eigenvalue weighted by Gasteiger charge is 2.03. The first-order valence-corrected chi connectivity index (χ1v) is 5.95. The molecule has 0 bridgehead atoms. The van der Waals surface area contributed by atoms with Crippen molar-refractivity contribution in [2.24, 2.45) is 0 Å². The number of carbonyl (C=O) groups excluding carboxylic acids is 1. The number of aromatic nitrogens is 2. The van der Waals surface area contributed by atoms with Gasteiger partial charge in [-0.05, 0) is 24.6 Å². The summed E-state index contributed by atoms with van der Waals surface area (Å²) >= 11 is 0. The first-order chi connectivity index (χ1) is 9.16. The van der Waals surface area contributed by atoms with E-state index in [-0.39, 0.29) is 5.91 Å². The van der Waals surface area contributed by atoms with E-state index in [0.717, 1.165) is 16.7 Å². The molecule has 0 atom stereocenters. The van der Waals surface area contributed by atoms with Crippen LogP contribution in [-0.4, -0.2) is 15.9 Å². The van der Waals surface area contributed by atoms with Crippen LogP contribution in [0.25, 0.3) is 11.1 Å². The van der Waals surface area contributed by atoms with E-state index >= 15 is 0 Å². The standard InChI is InChI=1S/C15H15N3O/c1-11(2)15(19)18-8-12-6-14(10-17-7-12)13-4-3-5-16-9-13/h3-7,9-10H,1,8H2,2H3,(H,18,19). The highest BCUT2D eigenvalue weighted by Crippen LogP contribution is 2.17. The van der Waals surface area contributed by atoms with Crippen LogP contribution >= 0.6 is 0 Å². The van der Waals surface area contributed by atoms with Crippen LogP contribution in [0, 0.1) is 0 Å². The molecule has 1 amide bonds. The second-order valence-corrected chi connectivity index (χ2v) is 4.29. The number of carbonyl (C=O) groups is 1. The molecule has 4 heteroatoms. The molecule has 2 heterocycles. The number of hydrogen-bond acceptors (Lipinski definition) is 3. The van der Waals surface area contributed by atoms with Crippen LogP contribution < -0.4 is 5.32 Å². The van der Waals surface area contributed by atoms with Crippen molar-refractivity contribution in [2.45, 2.75) is 13.5 Å². The van der Waals surface area contributed by atoms with Gasteiger partial charge in [0, 0.05) is 48.0 Å². The number of rotatable bonds is 4. The minimum absolute atomic E-state index is 0.146. The van der Waals surface area contributed by atoms with Crippen LogP contribution in [-0.2, 0) is 11.3 Å². The van der Waals surface area contributed by atoms with Crippen molar-refractivity contribution in [1.82, 2.24) is 15.3 Å². The van der Waals surface area contributed by atoms with E-state index in [0.29, 0.717) is 12.1 Å². The quantitative estimate of drug-likeness (QED) is 0.851. The van der Waals surface area contributed by atoms with Crippen LogP contribution in [0.2, 0.25) is 0 Å². The molecule has 0 unspecified atom stereocenters. The molecular weight excluding hydrogens is 238 g/mol. The van der Waals surface area contributed by atoms with Crippen molar-refractivity contribution in [3.63, 3.8) is 0 Å². The molecule has 1 N–H and O–H groups in total. The van der Waals surface area contributed by atoms with Gasteiger partial charge in [0.25, 0.3) is 0 Å². The van der Waals surface area contributed by atoms with Crippen LogP contribution in [0.4, 0.5) is 0 Å². The van der Waals surface area contributed by atoms with Gasteiger partial charge in [0.05, 0.1) is 0 Å². The van der Waals surface area contributed by atoms with E-state index in [9.17, 15) is 4.79 Å². The van der Waals surface area contributed by atoms with E-state index in [1.54, 1.807) is 31.7 Å². The molecular formula is C15H15N3O. The Bertz CT molecular complexity index is 593. The number of amides is 1. The largest absolute Gasteiger partial charge is 0.348 e. The molecule has 0 aromatic carbocycles. The van der Waals surface area contributed by atoms with Gasteiger partial charge < -0.3 is 5.32 Å². The van der Waals surface area contributed by atoms with Gasteiger partial charge >= 0.3 is 0 Å². The van der Waals surface area contributed by atoms with E-state index in [4.69, 9.17) is 0 Å². The molecule has 0 saturated heterocycles. The van der Waals surface area contributed by atoms with Gasteiger partial charge in [-0.15, -0.1) is 0 Å². The summed E-state index contributed by atoms with van der Waals surface area (Å²) in [4.78, 5) is 19.7. The zero-order valence-corrected chi connectivity index (χ0v) is 10.8. The molecule has 0 radical (unpaired) electrons. The molecule has 2 rings (SSSR count). The molecule has 19 heavy (non-hydrogen) atoms. The molecule has 0 aliphatic heterocycles. The fourth-order valence-electron chi connectivity index (χ4n) is 1.61. The van der Waals surface area contributed by atoms with Gasteiger partial charge in [-0.3, -0.25) is 14.8 Å². The van der Waals surface area contributed by atoms with Crippen LogP contribution in [0.5, 0.6) is 0 Å². The van der Waals surface area contributed by atoms with Gasteiger partial charge in [-0.1, -0.05) is 12.6 Å². The zero-order chi connectivity index (χ0) is 13.7. The molecule has 0 spiro atoms. The average molecular weight is 253 g/mol. The first-order valence-electron chi connectivity index (χ1n) is 5.95. The normalized spacial score (nSPS) is 9.95. The van der Waals surface area contributed by atoms with Crippen LogP contribution in [0.1, 0.15) is 12.5 Å². The SMILES string of the molecule is C=C(C)C(=O)NCc1cncc(-c2cccnc2)c1. The highest BCUT2D eigenvalue weighted by molar-refractivity contribution is 5.92. The van der Waals surface area contributed by atoms with Gasteiger partial charge in [-0.2, -0.15) is 0 Å². The lowest BCUT2D eigenvalue weighted by molar-refractivity contribution is -0.117. The first kappa shape index (κ1) is 13.0. The predicted octanol–water partition coefficient (Wildman–Crippen LogP) is 2.34. The Balaban J connectivity index is 2.12. The summed E-state index contributed by atoms with van der Waals surface area (Å²) in [7, 11) is 0. The lowest BCUT2D eigenvalue weighted by atomic mass is 10.1. The van der Waals surface area contributed by atoms with Gasteiger partial charge in [0.1, 0.15) is 0 Å². The summed E-state index contributed by atoms with van der Waals surface area (Å²) in [5.74, 6) is -0.146. The van der Waals surface area contributed by atoms with E-state index in [1.807, 2.05) is 18.2 Å². The third-order valence-corrected chi connectivity index (χ3v) is 2.63. The van der Waals surface area contributed by atoms with Crippen molar-refractivity contribution in [3.05, 3.63) is 60.7 Å². The highest BCUT2D eigenvalue weighted by atomic mass is 16.1. The third kappa shape index (κ3) is 3.48. The minimum Gasteiger partial charge on any atom is -0.348 e. The molecule has 0 fully saturated rings.